The van der Waals surface area contributed by atoms with E-state index in [1.807, 2.05) is 13.0 Å². The summed E-state index contributed by atoms with van der Waals surface area (Å²) in [6.45, 7) is 4.81. The molecule has 0 aliphatic carbocycles. The number of ether oxygens (including phenoxy) is 1. The van der Waals surface area contributed by atoms with Crippen LogP contribution >= 0.6 is 15.9 Å². The van der Waals surface area contributed by atoms with Crippen molar-refractivity contribution in [2.75, 3.05) is 13.2 Å². The zero-order valence-electron chi connectivity index (χ0n) is 11.1. The van der Waals surface area contributed by atoms with Crippen LogP contribution < -0.4 is 4.72 Å². The molecule has 1 fully saturated rings. The van der Waals surface area contributed by atoms with Crippen LogP contribution in [0.15, 0.2) is 21.5 Å². The molecule has 106 valence electrons. The minimum atomic E-state index is -3.48. The zero-order valence-corrected chi connectivity index (χ0v) is 13.5. The molecule has 0 spiro atoms. The van der Waals surface area contributed by atoms with Gasteiger partial charge in [-0.15, -0.1) is 0 Å². The predicted octanol–water partition coefficient (Wildman–Crippen LogP) is 2.52. The van der Waals surface area contributed by atoms with E-state index < -0.39 is 10.0 Å². The normalized spacial score (nSPS) is 19.8. The first-order valence-electron chi connectivity index (χ1n) is 6.28. The van der Waals surface area contributed by atoms with E-state index >= 15 is 0 Å². The lowest BCUT2D eigenvalue weighted by Gasteiger charge is -2.14. The second kappa shape index (κ2) is 5.91. The van der Waals surface area contributed by atoms with Gasteiger partial charge in [0.15, 0.2) is 0 Å². The fourth-order valence-corrected chi connectivity index (χ4v) is 3.99. The molecule has 19 heavy (non-hydrogen) atoms. The van der Waals surface area contributed by atoms with E-state index in [9.17, 15) is 8.42 Å². The number of sulfonamides is 1. The summed E-state index contributed by atoms with van der Waals surface area (Å²) in [5.74, 6) is 0. The molecule has 2 rings (SSSR count). The van der Waals surface area contributed by atoms with Gasteiger partial charge >= 0.3 is 0 Å². The molecule has 1 heterocycles. The van der Waals surface area contributed by atoms with Gasteiger partial charge < -0.3 is 4.74 Å². The maximum absolute atomic E-state index is 12.3. The molecule has 1 aromatic carbocycles. The summed E-state index contributed by atoms with van der Waals surface area (Å²) in [5, 5.41) is 0. The van der Waals surface area contributed by atoms with Crippen molar-refractivity contribution in [2.45, 2.75) is 37.7 Å². The van der Waals surface area contributed by atoms with E-state index in [1.54, 1.807) is 13.0 Å². The number of benzene rings is 1. The van der Waals surface area contributed by atoms with Crippen LogP contribution in [0.4, 0.5) is 0 Å². The van der Waals surface area contributed by atoms with Crippen LogP contribution in [0.3, 0.4) is 0 Å². The van der Waals surface area contributed by atoms with Crippen molar-refractivity contribution < 1.29 is 13.2 Å². The van der Waals surface area contributed by atoms with E-state index in [2.05, 4.69) is 20.7 Å². The van der Waals surface area contributed by atoms with Crippen LogP contribution in [0.2, 0.25) is 0 Å². The Morgan fingerprint density at radius 3 is 2.74 bits per heavy atom. The molecule has 1 atom stereocenters. The second-order valence-corrected chi connectivity index (χ2v) is 7.44. The molecule has 1 saturated heterocycles. The Hall–Kier alpha value is -0.430. The SMILES string of the molecule is Cc1cc(C)c(S(=O)(=O)NC[C@@H]2CCCO2)cc1Br. The van der Waals surface area contributed by atoms with Crippen LogP contribution in [0.1, 0.15) is 24.0 Å². The van der Waals surface area contributed by atoms with Crippen molar-refractivity contribution in [1.82, 2.24) is 4.72 Å². The number of rotatable bonds is 4. The fourth-order valence-electron chi connectivity index (χ4n) is 2.18. The number of halogens is 1. The van der Waals surface area contributed by atoms with Gasteiger partial charge in [-0.05, 0) is 43.9 Å². The minimum absolute atomic E-state index is 0.00368. The highest BCUT2D eigenvalue weighted by Gasteiger charge is 2.22. The molecule has 6 heteroatoms. The zero-order chi connectivity index (χ0) is 14.0. The first kappa shape index (κ1) is 15.0. The molecule has 1 aliphatic heterocycles. The van der Waals surface area contributed by atoms with E-state index in [0.717, 1.165) is 35.0 Å². The van der Waals surface area contributed by atoms with Gasteiger partial charge in [0.2, 0.25) is 10.0 Å². The van der Waals surface area contributed by atoms with Gasteiger partial charge in [0.1, 0.15) is 0 Å². The summed E-state index contributed by atoms with van der Waals surface area (Å²) in [4.78, 5) is 0.322. The van der Waals surface area contributed by atoms with Crippen LogP contribution in [0.25, 0.3) is 0 Å². The summed E-state index contributed by atoms with van der Waals surface area (Å²) in [6.07, 6.45) is 1.92. The molecule has 0 saturated carbocycles. The Kier molecular flexibility index (Phi) is 4.66. The molecule has 1 aromatic rings. The Balaban J connectivity index is 2.16. The van der Waals surface area contributed by atoms with E-state index in [1.165, 1.54) is 0 Å². The Bertz CT molecular complexity index is 565. The Labute approximate surface area is 122 Å². The van der Waals surface area contributed by atoms with E-state index in [4.69, 9.17) is 4.74 Å². The van der Waals surface area contributed by atoms with Crippen molar-refractivity contribution in [3.8, 4) is 0 Å². The minimum Gasteiger partial charge on any atom is -0.377 e. The third-order valence-corrected chi connectivity index (χ3v) is 5.69. The van der Waals surface area contributed by atoms with Crippen molar-refractivity contribution >= 4 is 26.0 Å². The number of nitrogens with one attached hydrogen (secondary N) is 1. The van der Waals surface area contributed by atoms with Gasteiger partial charge in [0, 0.05) is 17.6 Å². The highest BCUT2D eigenvalue weighted by molar-refractivity contribution is 9.10. The van der Waals surface area contributed by atoms with Gasteiger partial charge in [-0.25, -0.2) is 13.1 Å². The standard InChI is InChI=1S/C13H18BrNO3S/c1-9-6-10(2)13(7-12(9)14)19(16,17)15-8-11-4-3-5-18-11/h6-7,11,15H,3-5,8H2,1-2H3/t11-/m0/s1. The predicted molar refractivity (Wildman–Crippen MR) is 77.8 cm³/mol. The van der Waals surface area contributed by atoms with Gasteiger partial charge in [-0.2, -0.15) is 0 Å². The Morgan fingerprint density at radius 1 is 1.37 bits per heavy atom. The van der Waals surface area contributed by atoms with E-state index in [-0.39, 0.29) is 6.10 Å². The molecular weight excluding hydrogens is 330 g/mol. The van der Waals surface area contributed by atoms with Gasteiger partial charge in [-0.1, -0.05) is 22.0 Å². The third kappa shape index (κ3) is 3.56. The first-order valence-corrected chi connectivity index (χ1v) is 8.56. The quantitative estimate of drug-likeness (QED) is 0.910. The van der Waals surface area contributed by atoms with Crippen LogP contribution in [0.5, 0.6) is 0 Å². The molecule has 1 N–H and O–H groups in total. The van der Waals surface area contributed by atoms with Crippen LogP contribution in [0, 0.1) is 13.8 Å². The van der Waals surface area contributed by atoms with Crippen molar-refractivity contribution in [1.29, 1.82) is 0 Å². The summed E-state index contributed by atoms with van der Waals surface area (Å²) in [5.41, 5.74) is 1.77. The van der Waals surface area contributed by atoms with Gasteiger partial charge in [0.25, 0.3) is 0 Å². The average Bonchev–Trinajstić information content (AvgIpc) is 2.84. The maximum atomic E-state index is 12.3. The van der Waals surface area contributed by atoms with E-state index in [0.29, 0.717) is 11.4 Å². The molecule has 0 unspecified atom stereocenters. The summed E-state index contributed by atoms with van der Waals surface area (Å²) in [7, 11) is -3.48. The number of hydrogen-bond acceptors (Lipinski definition) is 3. The molecule has 0 amide bonds. The number of hydrogen-bond donors (Lipinski definition) is 1. The monoisotopic (exact) mass is 347 g/mol. The average molecular weight is 348 g/mol. The van der Waals surface area contributed by atoms with Crippen LogP contribution in [-0.2, 0) is 14.8 Å². The van der Waals surface area contributed by atoms with Gasteiger partial charge in [-0.3, -0.25) is 0 Å². The lowest BCUT2D eigenvalue weighted by Crippen LogP contribution is -2.32. The molecule has 1 aliphatic rings. The molecule has 0 radical (unpaired) electrons. The lowest BCUT2D eigenvalue weighted by atomic mass is 10.2. The van der Waals surface area contributed by atoms with Crippen LogP contribution in [-0.4, -0.2) is 27.7 Å². The summed E-state index contributed by atoms with van der Waals surface area (Å²) in [6, 6.07) is 3.52. The first-order chi connectivity index (χ1) is 8.90. The Morgan fingerprint density at radius 2 is 2.11 bits per heavy atom. The highest BCUT2D eigenvalue weighted by Crippen LogP contribution is 2.24. The number of aryl methyl sites for hydroxylation is 2. The van der Waals surface area contributed by atoms with Crippen molar-refractivity contribution in [2.24, 2.45) is 0 Å². The molecule has 0 bridgehead atoms. The highest BCUT2D eigenvalue weighted by atomic mass is 79.9. The fraction of sp³-hybridized carbons (Fsp3) is 0.538. The smallest absolute Gasteiger partial charge is 0.240 e. The third-order valence-electron chi connectivity index (χ3n) is 3.27. The largest absolute Gasteiger partial charge is 0.377 e. The lowest BCUT2D eigenvalue weighted by molar-refractivity contribution is 0.114. The second-order valence-electron chi connectivity index (χ2n) is 4.85. The maximum Gasteiger partial charge on any atom is 0.240 e. The molecular formula is C13H18BrNO3S. The molecule has 0 aromatic heterocycles. The van der Waals surface area contributed by atoms with Crippen molar-refractivity contribution in [3.63, 3.8) is 0 Å². The van der Waals surface area contributed by atoms with Crippen molar-refractivity contribution in [3.05, 3.63) is 27.7 Å². The topological polar surface area (TPSA) is 55.4 Å². The summed E-state index contributed by atoms with van der Waals surface area (Å²) < 4.78 is 33.4. The van der Waals surface area contributed by atoms with Gasteiger partial charge in [0.05, 0.1) is 11.0 Å². The molecule has 4 nitrogen and oxygen atoms in total. The summed E-state index contributed by atoms with van der Waals surface area (Å²) >= 11 is 3.37.